The van der Waals surface area contributed by atoms with E-state index in [1.807, 2.05) is 0 Å². The molecule has 0 aliphatic heterocycles. The van der Waals surface area contributed by atoms with E-state index in [-0.39, 0.29) is 49.9 Å². The zero-order valence-electron chi connectivity index (χ0n) is 11.4. The number of aromatic hydroxyl groups is 4. The molecule has 8 nitrogen and oxygen atoms in total. The van der Waals surface area contributed by atoms with Crippen LogP contribution in [-0.4, -0.2) is 59.7 Å². The molecule has 2 aromatic carbocycles. The van der Waals surface area contributed by atoms with Gasteiger partial charge in [0.1, 0.15) is 23.0 Å². The Labute approximate surface area is 150 Å². The molecule has 0 bridgehead atoms. The van der Waals surface area contributed by atoms with Gasteiger partial charge < -0.3 is 40.2 Å². The summed E-state index contributed by atoms with van der Waals surface area (Å²) >= 11 is 0. The van der Waals surface area contributed by atoms with Gasteiger partial charge in [-0.1, -0.05) is 0 Å². The van der Waals surface area contributed by atoms with Gasteiger partial charge in [0.25, 0.3) is 0 Å². The van der Waals surface area contributed by atoms with Gasteiger partial charge in [0, 0.05) is 23.3 Å². The van der Waals surface area contributed by atoms with Crippen molar-refractivity contribution >= 4 is 39.2 Å². The second-order valence-corrected chi connectivity index (χ2v) is 3.98. The van der Waals surface area contributed by atoms with E-state index in [4.69, 9.17) is 20.4 Å². The number of carbonyl (C=O) groups excluding carboxylic acids is 2. The average molecular weight is 513 g/mol. The predicted octanol–water partition coefficient (Wildman–Crippen LogP) is -1.46. The van der Waals surface area contributed by atoms with Crippen LogP contribution in [0.1, 0.15) is 20.7 Å². The Morgan fingerprint density at radius 3 is 1.22 bits per heavy atom. The molecule has 0 saturated heterocycles. The number of benzene rings is 2. The third kappa shape index (κ3) is 6.02. The molecule has 0 unspecified atom stereocenters. The van der Waals surface area contributed by atoms with Gasteiger partial charge in [0.05, 0.1) is 11.9 Å². The van der Waals surface area contributed by atoms with Crippen LogP contribution < -0.4 is 10.2 Å². The van der Waals surface area contributed by atoms with Crippen LogP contribution in [0.15, 0.2) is 36.4 Å². The second-order valence-electron chi connectivity index (χ2n) is 3.98. The number of rotatable bonds is 2. The van der Waals surface area contributed by atoms with E-state index in [9.17, 15) is 19.8 Å². The Morgan fingerprint density at radius 2 is 1.00 bits per heavy atom. The van der Waals surface area contributed by atoms with Gasteiger partial charge in [-0.15, -0.1) is 0 Å². The summed E-state index contributed by atoms with van der Waals surface area (Å²) < 4.78 is 0. The van der Waals surface area contributed by atoms with Gasteiger partial charge in [-0.25, -0.2) is 0 Å². The van der Waals surface area contributed by atoms with Gasteiger partial charge in [-0.2, -0.15) is 0 Å². The van der Waals surface area contributed by atoms with E-state index < -0.39 is 23.4 Å². The molecule has 0 saturated carbocycles. The largest absolute Gasteiger partial charge is 2.00 e. The Bertz CT molecular complexity index is 652. The summed E-state index contributed by atoms with van der Waals surface area (Å²) in [6, 6.07) is 6.33. The van der Waals surface area contributed by atoms with Crippen LogP contribution >= 0.6 is 0 Å². The molecule has 2 aromatic rings. The Morgan fingerprint density at radius 1 is 0.696 bits per heavy atom. The predicted molar refractivity (Wildman–Crippen MR) is 74.0 cm³/mol. The summed E-state index contributed by atoms with van der Waals surface area (Å²) in [5.74, 6) is -4.31. The molecule has 2 rings (SSSR count). The number of carboxylic acids is 2. The fourth-order valence-corrected chi connectivity index (χ4v) is 1.39. The van der Waals surface area contributed by atoms with Crippen molar-refractivity contribution in [2.24, 2.45) is 0 Å². The van der Waals surface area contributed by atoms with Crippen molar-refractivity contribution < 1.29 is 40.2 Å². The molecule has 23 heavy (non-hydrogen) atoms. The van der Waals surface area contributed by atoms with Crippen molar-refractivity contribution in [2.75, 3.05) is 0 Å². The molecule has 0 aliphatic rings. The molecule has 0 spiro atoms. The summed E-state index contributed by atoms with van der Waals surface area (Å²) in [6.07, 6.45) is 0. The molecule has 0 amide bonds. The average Bonchev–Trinajstić information content (AvgIpc) is 2.38. The van der Waals surface area contributed by atoms with Gasteiger partial charge >= 0.3 is 27.3 Å². The van der Waals surface area contributed by atoms with Crippen LogP contribution in [0.25, 0.3) is 0 Å². The fourth-order valence-electron chi connectivity index (χ4n) is 1.39. The zero-order chi connectivity index (χ0) is 16.9. The first-order chi connectivity index (χ1) is 10.2. The number of hydrogen-bond acceptors (Lipinski definition) is 8. The topological polar surface area (TPSA) is 161 Å². The summed E-state index contributed by atoms with van der Waals surface area (Å²) in [4.78, 5) is 20.4. The molecule has 0 aromatic heterocycles. The Hall–Kier alpha value is -2.50. The minimum absolute atomic E-state index is 0. The first kappa shape index (κ1) is 20.5. The van der Waals surface area contributed by atoms with Crippen molar-refractivity contribution in [2.45, 2.75) is 0 Å². The van der Waals surface area contributed by atoms with Crippen LogP contribution in [0.4, 0.5) is 0 Å². The summed E-state index contributed by atoms with van der Waals surface area (Å²) in [5, 5.41) is 55.6. The SMILES string of the molecule is O=C([O-])c1ccc(O)cc1O.O=C([O-])c1ccc(O)cc1O.[Pb+2]. The van der Waals surface area contributed by atoms with E-state index >= 15 is 0 Å². The second kappa shape index (κ2) is 8.83. The number of aromatic carboxylic acids is 2. The van der Waals surface area contributed by atoms with Crippen molar-refractivity contribution in [3.8, 4) is 23.0 Å². The molecular formula is C14H10O8Pb. The number of hydrogen-bond donors (Lipinski definition) is 4. The van der Waals surface area contributed by atoms with Crippen LogP contribution in [0.3, 0.4) is 0 Å². The maximum absolute atomic E-state index is 10.2. The molecule has 9 heteroatoms. The van der Waals surface area contributed by atoms with Gasteiger partial charge in [-0.3, -0.25) is 0 Å². The van der Waals surface area contributed by atoms with Crippen LogP contribution in [0, 0.1) is 0 Å². The molecule has 0 aliphatic carbocycles. The third-order valence-electron chi connectivity index (χ3n) is 2.40. The molecule has 4 N–H and O–H groups in total. The van der Waals surface area contributed by atoms with E-state index in [1.165, 1.54) is 0 Å². The van der Waals surface area contributed by atoms with E-state index in [0.717, 1.165) is 36.4 Å². The van der Waals surface area contributed by atoms with Gasteiger partial charge in [-0.05, 0) is 24.3 Å². The molecule has 2 radical (unpaired) electrons. The minimum atomic E-state index is -1.47. The normalized spacial score (nSPS) is 9.04. The Balaban J connectivity index is 0.000000403. The molecule has 0 heterocycles. The first-order valence-corrected chi connectivity index (χ1v) is 5.69. The van der Waals surface area contributed by atoms with E-state index in [0.29, 0.717) is 0 Å². The van der Waals surface area contributed by atoms with E-state index in [2.05, 4.69) is 0 Å². The summed E-state index contributed by atoms with van der Waals surface area (Å²) in [5.41, 5.74) is -0.661. The van der Waals surface area contributed by atoms with Crippen molar-refractivity contribution in [1.29, 1.82) is 0 Å². The fraction of sp³-hybridized carbons (Fsp3) is 0. The number of carbonyl (C=O) groups is 2. The molecular weight excluding hydrogens is 503 g/mol. The number of carboxylic acid groups (broad SMARTS) is 2. The quantitative estimate of drug-likeness (QED) is 0.355. The molecule has 0 atom stereocenters. The van der Waals surface area contributed by atoms with Gasteiger partial charge in [0.15, 0.2) is 0 Å². The monoisotopic (exact) mass is 514 g/mol. The standard InChI is InChI=1S/2C7H6O4.Pb/c2*8-4-1-2-5(7(10)11)6(9)3-4;/h2*1-3,8-9H,(H,10,11);/q;;+2/p-2. The van der Waals surface area contributed by atoms with Crippen LogP contribution in [0.2, 0.25) is 0 Å². The third-order valence-corrected chi connectivity index (χ3v) is 2.40. The van der Waals surface area contributed by atoms with Crippen molar-refractivity contribution in [1.82, 2.24) is 0 Å². The van der Waals surface area contributed by atoms with Crippen molar-refractivity contribution in [3.05, 3.63) is 47.5 Å². The summed E-state index contributed by atoms with van der Waals surface area (Å²) in [7, 11) is 0. The first-order valence-electron chi connectivity index (χ1n) is 5.69. The van der Waals surface area contributed by atoms with E-state index in [1.54, 1.807) is 0 Å². The number of phenolic OH excluding ortho intramolecular Hbond substituents is 2. The van der Waals surface area contributed by atoms with Gasteiger partial charge in [0.2, 0.25) is 0 Å². The maximum Gasteiger partial charge on any atom is 2.00 e. The van der Waals surface area contributed by atoms with Crippen molar-refractivity contribution in [3.63, 3.8) is 0 Å². The van der Waals surface area contributed by atoms with Crippen LogP contribution in [-0.2, 0) is 0 Å². The maximum atomic E-state index is 10.2. The smallest absolute Gasteiger partial charge is 0.545 e. The Kier molecular flexibility index (Phi) is 7.87. The summed E-state index contributed by atoms with van der Waals surface area (Å²) in [6.45, 7) is 0. The minimum Gasteiger partial charge on any atom is -0.545 e. The zero-order valence-corrected chi connectivity index (χ0v) is 15.3. The molecule has 0 fully saturated rings. The molecule has 118 valence electrons. The number of phenols is 4. The van der Waals surface area contributed by atoms with Crippen LogP contribution in [0.5, 0.6) is 23.0 Å².